The summed E-state index contributed by atoms with van der Waals surface area (Å²) in [7, 11) is 0. The van der Waals surface area contributed by atoms with Crippen LogP contribution in [0.2, 0.25) is 5.02 Å². The summed E-state index contributed by atoms with van der Waals surface area (Å²) >= 11 is 6.01. The number of nitrogens with one attached hydrogen (secondary N) is 2. The van der Waals surface area contributed by atoms with Crippen molar-refractivity contribution in [3.63, 3.8) is 0 Å². The van der Waals surface area contributed by atoms with Crippen molar-refractivity contribution in [1.82, 2.24) is 0 Å². The number of anilines is 2. The first kappa shape index (κ1) is 13.4. The van der Waals surface area contributed by atoms with Crippen molar-refractivity contribution < 1.29 is 9.18 Å². The molecule has 2 amide bonds. The normalized spacial score (nSPS) is 10.1. The molecule has 0 aromatic heterocycles. The predicted molar refractivity (Wildman–Crippen MR) is 75.2 cm³/mol. The quantitative estimate of drug-likeness (QED) is 0.838. The van der Waals surface area contributed by atoms with Crippen molar-refractivity contribution >= 4 is 29.0 Å². The molecule has 98 valence electrons. The Morgan fingerprint density at radius 3 is 2.42 bits per heavy atom. The molecule has 2 N–H and O–H groups in total. The largest absolute Gasteiger partial charge is 0.323 e. The lowest BCUT2D eigenvalue weighted by atomic mass is 10.2. The highest BCUT2D eigenvalue weighted by molar-refractivity contribution is 6.33. The van der Waals surface area contributed by atoms with Crippen LogP contribution in [0.1, 0.15) is 5.56 Å². The van der Waals surface area contributed by atoms with Gasteiger partial charge in [-0.3, -0.25) is 0 Å². The summed E-state index contributed by atoms with van der Waals surface area (Å²) in [5, 5.41) is 5.68. The lowest BCUT2D eigenvalue weighted by molar-refractivity contribution is 0.262. The third-order valence-electron chi connectivity index (χ3n) is 2.47. The van der Waals surface area contributed by atoms with E-state index in [2.05, 4.69) is 10.6 Å². The monoisotopic (exact) mass is 278 g/mol. The zero-order valence-corrected chi connectivity index (χ0v) is 11.0. The van der Waals surface area contributed by atoms with Gasteiger partial charge in [0.1, 0.15) is 5.82 Å². The summed E-state index contributed by atoms with van der Waals surface area (Å²) in [6.07, 6.45) is 0. The fraction of sp³-hybridized carbons (Fsp3) is 0.0714. The number of hydrogen-bond donors (Lipinski definition) is 2. The van der Waals surface area contributed by atoms with E-state index in [0.717, 1.165) is 5.56 Å². The number of benzene rings is 2. The van der Waals surface area contributed by atoms with Gasteiger partial charge in [0.25, 0.3) is 0 Å². The zero-order chi connectivity index (χ0) is 13.8. The Morgan fingerprint density at radius 2 is 1.79 bits per heavy atom. The molecule has 0 aliphatic rings. The van der Waals surface area contributed by atoms with Crippen molar-refractivity contribution in [1.29, 1.82) is 0 Å². The molecule has 0 fully saturated rings. The van der Waals surface area contributed by atoms with E-state index in [-0.39, 0.29) is 5.82 Å². The molecule has 0 saturated carbocycles. The molecule has 2 aromatic carbocycles. The fourth-order valence-corrected chi connectivity index (χ4v) is 1.82. The van der Waals surface area contributed by atoms with E-state index in [1.54, 1.807) is 12.1 Å². The van der Waals surface area contributed by atoms with Crippen LogP contribution in [0.25, 0.3) is 0 Å². The van der Waals surface area contributed by atoms with E-state index in [4.69, 9.17) is 11.6 Å². The maximum Gasteiger partial charge on any atom is 0.323 e. The summed E-state index contributed by atoms with van der Waals surface area (Å²) in [5.41, 5.74) is 2.03. The Balaban J connectivity index is 2.03. The standard InChI is InChI=1S/C14H12ClFN2O/c1-9-2-7-13(12(15)8-9)18-14(19)17-11-5-3-10(16)4-6-11/h2-8H,1H3,(H2,17,18,19). The molecule has 0 unspecified atom stereocenters. The highest BCUT2D eigenvalue weighted by Gasteiger charge is 2.06. The SMILES string of the molecule is Cc1ccc(NC(=O)Nc2ccc(F)cc2)c(Cl)c1. The lowest BCUT2D eigenvalue weighted by Crippen LogP contribution is -2.19. The van der Waals surface area contributed by atoms with Crippen LogP contribution < -0.4 is 10.6 Å². The second-order valence-corrected chi connectivity index (χ2v) is 4.48. The van der Waals surface area contributed by atoms with Crippen LogP contribution in [0.15, 0.2) is 42.5 Å². The molecule has 0 saturated heterocycles. The van der Waals surface area contributed by atoms with Crippen LogP contribution in [-0.4, -0.2) is 6.03 Å². The summed E-state index contributed by atoms with van der Waals surface area (Å²) < 4.78 is 12.7. The van der Waals surface area contributed by atoms with E-state index in [1.165, 1.54) is 24.3 Å². The molecular formula is C14H12ClFN2O. The number of urea groups is 1. The molecule has 2 rings (SSSR count). The number of amides is 2. The van der Waals surface area contributed by atoms with Crippen molar-refractivity contribution in [3.8, 4) is 0 Å². The van der Waals surface area contributed by atoms with Crippen LogP contribution >= 0.6 is 11.6 Å². The molecule has 2 aromatic rings. The van der Waals surface area contributed by atoms with E-state index in [9.17, 15) is 9.18 Å². The molecule has 0 aliphatic heterocycles. The van der Waals surface area contributed by atoms with Crippen LogP contribution in [0.5, 0.6) is 0 Å². The average Bonchev–Trinajstić information content (AvgIpc) is 2.36. The molecule has 0 radical (unpaired) electrons. The van der Waals surface area contributed by atoms with E-state index >= 15 is 0 Å². The minimum absolute atomic E-state index is 0.354. The van der Waals surface area contributed by atoms with E-state index in [1.807, 2.05) is 13.0 Å². The van der Waals surface area contributed by atoms with Gasteiger partial charge in [-0.25, -0.2) is 9.18 Å². The van der Waals surface area contributed by atoms with Gasteiger partial charge in [0, 0.05) is 5.69 Å². The number of rotatable bonds is 2. The molecular weight excluding hydrogens is 267 g/mol. The Morgan fingerprint density at radius 1 is 1.11 bits per heavy atom. The van der Waals surface area contributed by atoms with Gasteiger partial charge in [0.05, 0.1) is 10.7 Å². The molecule has 0 aliphatic carbocycles. The highest BCUT2D eigenvalue weighted by Crippen LogP contribution is 2.22. The van der Waals surface area contributed by atoms with E-state index < -0.39 is 6.03 Å². The minimum atomic E-state index is -0.433. The van der Waals surface area contributed by atoms with Gasteiger partial charge in [0.15, 0.2) is 0 Å². The first-order chi connectivity index (χ1) is 9.04. The van der Waals surface area contributed by atoms with Gasteiger partial charge in [-0.2, -0.15) is 0 Å². The van der Waals surface area contributed by atoms with Crippen molar-refractivity contribution in [2.75, 3.05) is 10.6 Å². The third kappa shape index (κ3) is 3.69. The van der Waals surface area contributed by atoms with Crippen molar-refractivity contribution in [2.24, 2.45) is 0 Å². The van der Waals surface area contributed by atoms with Crippen LogP contribution in [0.3, 0.4) is 0 Å². The van der Waals surface area contributed by atoms with Crippen LogP contribution in [0.4, 0.5) is 20.6 Å². The second kappa shape index (κ2) is 5.71. The average molecular weight is 279 g/mol. The van der Waals surface area contributed by atoms with Crippen LogP contribution in [-0.2, 0) is 0 Å². The molecule has 5 heteroatoms. The summed E-state index contributed by atoms with van der Waals surface area (Å²) in [5.74, 6) is -0.354. The minimum Gasteiger partial charge on any atom is -0.308 e. The maximum absolute atomic E-state index is 12.7. The topological polar surface area (TPSA) is 41.1 Å². The number of aryl methyl sites for hydroxylation is 1. The molecule has 0 bridgehead atoms. The third-order valence-corrected chi connectivity index (χ3v) is 2.79. The lowest BCUT2D eigenvalue weighted by Gasteiger charge is -2.09. The molecule has 0 spiro atoms. The van der Waals surface area contributed by atoms with Gasteiger partial charge in [-0.05, 0) is 48.9 Å². The summed E-state index contributed by atoms with van der Waals surface area (Å²) in [6.45, 7) is 1.91. The Hall–Kier alpha value is -2.07. The Kier molecular flexibility index (Phi) is 4.02. The number of carbonyl (C=O) groups is 1. The van der Waals surface area contributed by atoms with Gasteiger partial charge in [-0.1, -0.05) is 17.7 Å². The summed E-state index contributed by atoms with van der Waals surface area (Å²) in [4.78, 5) is 11.7. The molecule has 19 heavy (non-hydrogen) atoms. The Bertz CT molecular complexity index is 599. The molecule has 0 atom stereocenters. The van der Waals surface area contributed by atoms with Gasteiger partial charge >= 0.3 is 6.03 Å². The highest BCUT2D eigenvalue weighted by atomic mass is 35.5. The number of carbonyl (C=O) groups excluding carboxylic acids is 1. The number of hydrogen-bond acceptors (Lipinski definition) is 1. The van der Waals surface area contributed by atoms with Gasteiger partial charge in [0.2, 0.25) is 0 Å². The van der Waals surface area contributed by atoms with Gasteiger partial charge in [-0.15, -0.1) is 0 Å². The summed E-state index contributed by atoms with van der Waals surface area (Å²) in [6, 6.07) is 10.4. The fourth-order valence-electron chi connectivity index (χ4n) is 1.54. The smallest absolute Gasteiger partial charge is 0.308 e. The zero-order valence-electron chi connectivity index (χ0n) is 10.2. The first-order valence-electron chi connectivity index (χ1n) is 5.64. The van der Waals surface area contributed by atoms with Crippen molar-refractivity contribution in [3.05, 3.63) is 58.9 Å². The van der Waals surface area contributed by atoms with E-state index in [0.29, 0.717) is 16.4 Å². The number of halogens is 2. The molecule has 0 heterocycles. The van der Waals surface area contributed by atoms with Crippen LogP contribution in [0, 0.1) is 12.7 Å². The Labute approximate surface area is 115 Å². The maximum atomic E-state index is 12.7. The van der Waals surface area contributed by atoms with Gasteiger partial charge < -0.3 is 10.6 Å². The first-order valence-corrected chi connectivity index (χ1v) is 6.02. The van der Waals surface area contributed by atoms with Crippen molar-refractivity contribution in [2.45, 2.75) is 6.92 Å². The predicted octanol–water partition coefficient (Wildman–Crippen LogP) is 4.43. The molecule has 3 nitrogen and oxygen atoms in total. The second-order valence-electron chi connectivity index (χ2n) is 4.07.